The number of rotatable bonds is 10. The van der Waals surface area contributed by atoms with E-state index in [-0.39, 0.29) is 41.2 Å². The third-order valence-corrected chi connectivity index (χ3v) is 7.04. The third-order valence-electron chi connectivity index (χ3n) is 6.87. The predicted molar refractivity (Wildman–Crippen MR) is 155 cm³/mol. The normalized spacial score (nSPS) is 19.8. The zero-order chi connectivity index (χ0) is 30.9. The van der Waals surface area contributed by atoms with Crippen molar-refractivity contribution in [3.63, 3.8) is 0 Å². The number of fused-ring (bicyclic) bond motifs is 1. The molecule has 2 aromatic carbocycles. The second-order valence-corrected chi connectivity index (χ2v) is 9.98. The summed E-state index contributed by atoms with van der Waals surface area (Å²) in [5, 5.41) is 32.8. The van der Waals surface area contributed by atoms with Crippen LogP contribution >= 0.6 is 11.6 Å². The number of halogens is 2. The van der Waals surface area contributed by atoms with E-state index in [1.54, 1.807) is 30.3 Å². The number of carboxylic acids is 2. The van der Waals surface area contributed by atoms with Crippen LogP contribution in [0.25, 0.3) is 11.2 Å². The number of carbonyl (C=O) groups is 3. The van der Waals surface area contributed by atoms with Gasteiger partial charge < -0.3 is 35.8 Å². The smallest absolute Gasteiger partial charge is 0.348 e. The first-order valence-corrected chi connectivity index (χ1v) is 13.1. The van der Waals surface area contributed by atoms with Crippen molar-refractivity contribution in [1.29, 1.82) is 0 Å². The van der Waals surface area contributed by atoms with Gasteiger partial charge in [0.2, 0.25) is 5.28 Å². The number of carbonyl (C=O) groups excluding carboxylic acids is 1. The molecule has 5 rings (SSSR count). The molecule has 0 unspecified atom stereocenters. The highest BCUT2D eigenvalue weighted by atomic mass is 35.5. The van der Waals surface area contributed by atoms with Gasteiger partial charge in [-0.05, 0) is 41.4 Å². The van der Waals surface area contributed by atoms with Crippen LogP contribution in [-0.2, 0) is 25.5 Å². The quantitative estimate of drug-likeness (QED) is 0.126. The number of hydrogen-bond donors (Lipinski definition) is 5. The first-order chi connectivity index (χ1) is 20.5. The van der Waals surface area contributed by atoms with Crippen LogP contribution in [0, 0.1) is 0 Å². The van der Waals surface area contributed by atoms with Gasteiger partial charge in [0.1, 0.15) is 17.7 Å². The standard InChI is InChI=1S/C27H24ClFN6O8.CH4/c28-26-33-20(30)18-21(34-26)35(12-31-18)23-17(29)19(36)16(43-23)11-42-27(24(38)39,25(40)41)10-13-6-8-15(9-7-13)32-22(37)14-4-2-1-3-5-14;/h1-9,12,16-17,19,23,36H,10-11H2,(H,32,37)(H,38,39)(H,40,41)(H2,30,33,34);1H4/t16-,17+,19-,23-;/m1./s1. The summed E-state index contributed by atoms with van der Waals surface area (Å²) < 4.78 is 27.3. The third kappa shape index (κ3) is 6.16. The lowest BCUT2D eigenvalue weighted by atomic mass is 9.94. The maximum atomic E-state index is 15.2. The fourth-order valence-electron chi connectivity index (χ4n) is 4.59. The van der Waals surface area contributed by atoms with Gasteiger partial charge in [-0.15, -0.1) is 0 Å². The molecule has 3 heterocycles. The number of nitrogens with two attached hydrogens (primary N) is 1. The molecule has 0 spiro atoms. The van der Waals surface area contributed by atoms with E-state index in [9.17, 15) is 29.7 Å². The number of nitrogens with one attached hydrogen (secondary N) is 1. The number of nitrogens with zero attached hydrogens (tertiary/aromatic N) is 4. The van der Waals surface area contributed by atoms with E-state index >= 15 is 4.39 Å². The van der Waals surface area contributed by atoms with Gasteiger partial charge in [-0.25, -0.2) is 19.0 Å². The number of aliphatic hydroxyl groups is 1. The monoisotopic (exact) mass is 630 g/mol. The fourth-order valence-corrected chi connectivity index (χ4v) is 4.76. The number of anilines is 2. The molecular formula is C28H28ClFN6O8. The van der Waals surface area contributed by atoms with Gasteiger partial charge in [0, 0.05) is 17.7 Å². The topological polar surface area (TPSA) is 212 Å². The summed E-state index contributed by atoms with van der Waals surface area (Å²) in [6.07, 6.45) is -6.35. The molecule has 1 aliphatic heterocycles. The maximum Gasteiger partial charge on any atom is 0.348 e. The summed E-state index contributed by atoms with van der Waals surface area (Å²) >= 11 is 5.86. The Morgan fingerprint density at radius 3 is 2.39 bits per heavy atom. The number of imidazole rings is 1. The summed E-state index contributed by atoms with van der Waals surface area (Å²) in [6, 6.07) is 14.3. The molecule has 232 valence electrons. The van der Waals surface area contributed by atoms with Crippen LogP contribution in [0.1, 0.15) is 29.6 Å². The van der Waals surface area contributed by atoms with Crippen LogP contribution in [0.5, 0.6) is 0 Å². The molecule has 44 heavy (non-hydrogen) atoms. The largest absolute Gasteiger partial charge is 0.479 e. The molecule has 0 bridgehead atoms. The van der Waals surface area contributed by atoms with E-state index in [0.717, 1.165) is 10.9 Å². The predicted octanol–water partition coefficient (Wildman–Crippen LogP) is 2.71. The van der Waals surface area contributed by atoms with Gasteiger partial charge in [0.05, 0.1) is 12.9 Å². The first-order valence-electron chi connectivity index (χ1n) is 12.7. The number of ether oxygens (including phenoxy) is 2. The van der Waals surface area contributed by atoms with Crippen LogP contribution in [0.4, 0.5) is 15.9 Å². The van der Waals surface area contributed by atoms with Crippen molar-refractivity contribution < 1.29 is 43.6 Å². The molecular weight excluding hydrogens is 603 g/mol. The van der Waals surface area contributed by atoms with Crippen molar-refractivity contribution in [1.82, 2.24) is 19.5 Å². The SMILES string of the molecule is C.Nc1nc(Cl)nc2c1ncn2[C@@H]1O[C@H](COC(Cc2ccc(NC(=O)c3ccccc3)cc2)(C(=O)O)C(=O)O)[C@@H](O)[C@@H]1F. The Bertz CT molecular complexity index is 1660. The van der Waals surface area contributed by atoms with Crippen LogP contribution < -0.4 is 11.1 Å². The number of benzene rings is 2. The Kier molecular flexibility index (Phi) is 9.44. The van der Waals surface area contributed by atoms with Crippen molar-refractivity contribution in [2.75, 3.05) is 17.7 Å². The van der Waals surface area contributed by atoms with E-state index in [0.29, 0.717) is 11.3 Å². The first kappa shape index (κ1) is 32.2. The summed E-state index contributed by atoms with van der Waals surface area (Å²) in [6.45, 7) is -0.799. The van der Waals surface area contributed by atoms with Gasteiger partial charge in [-0.3, -0.25) is 9.36 Å². The molecule has 1 amide bonds. The molecule has 6 N–H and O–H groups in total. The molecule has 0 saturated carbocycles. The van der Waals surface area contributed by atoms with Crippen LogP contribution in [0.3, 0.4) is 0 Å². The Morgan fingerprint density at radius 1 is 1.09 bits per heavy atom. The molecule has 2 aromatic heterocycles. The van der Waals surface area contributed by atoms with Crippen molar-refractivity contribution in [3.05, 3.63) is 77.3 Å². The van der Waals surface area contributed by atoms with Crippen LogP contribution in [0.15, 0.2) is 60.9 Å². The summed E-state index contributed by atoms with van der Waals surface area (Å²) in [5.74, 6) is -4.10. The molecule has 1 fully saturated rings. The van der Waals surface area contributed by atoms with E-state index in [1.165, 1.54) is 24.3 Å². The lowest BCUT2D eigenvalue weighted by Gasteiger charge is -2.27. The number of carboxylic acid groups (broad SMARTS) is 2. The zero-order valence-corrected chi connectivity index (χ0v) is 22.8. The Balaban J connectivity index is 0.00000442. The van der Waals surface area contributed by atoms with Crippen molar-refractivity contribution >= 4 is 52.1 Å². The highest BCUT2D eigenvalue weighted by Gasteiger charge is 2.52. The molecule has 14 nitrogen and oxygen atoms in total. The number of nitrogen functional groups attached to an aromatic ring is 1. The van der Waals surface area contributed by atoms with Crippen LogP contribution in [-0.4, -0.2) is 83.3 Å². The van der Waals surface area contributed by atoms with E-state index in [2.05, 4.69) is 20.3 Å². The Morgan fingerprint density at radius 2 is 1.75 bits per heavy atom. The number of aliphatic carboxylic acids is 2. The second-order valence-electron chi connectivity index (χ2n) is 9.64. The van der Waals surface area contributed by atoms with Gasteiger partial charge in [0.15, 0.2) is 23.9 Å². The van der Waals surface area contributed by atoms with E-state index in [1.807, 2.05) is 0 Å². The van der Waals surface area contributed by atoms with Crippen molar-refractivity contribution in [3.8, 4) is 0 Å². The minimum atomic E-state index is -2.82. The lowest BCUT2D eigenvalue weighted by Crippen LogP contribution is -2.52. The Labute approximate surface area is 254 Å². The number of amides is 1. The lowest BCUT2D eigenvalue weighted by molar-refractivity contribution is -0.190. The van der Waals surface area contributed by atoms with E-state index < -0.39 is 55.2 Å². The summed E-state index contributed by atoms with van der Waals surface area (Å²) in [7, 11) is 0. The Hall–Kier alpha value is -4.70. The molecule has 4 aromatic rings. The highest BCUT2D eigenvalue weighted by Crippen LogP contribution is 2.35. The average molecular weight is 631 g/mol. The molecule has 0 aliphatic carbocycles. The summed E-state index contributed by atoms with van der Waals surface area (Å²) in [5.41, 5.74) is 4.15. The number of aromatic nitrogens is 4. The van der Waals surface area contributed by atoms with Gasteiger partial charge >= 0.3 is 11.9 Å². The molecule has 1 aliphatic rings. The molecule has 4 atom stereocenters. The second kappa shape index (κ2) is 12.9. The number of alkyl halides is 1. The number of hydrogen-bond acceptors (Lipinski definition) is 10. The maximum absolute atomic E-state index is 15.2. The van der Waals surface area contributed by atoms with Crippen molar-refractivity contribution in [2.45, 2.75) is 44.1 Å². The minimum Gasteiger partial charge on any atom is -0.479 e. The molecule has 1 saturated heterocycles. The molecule has 16 heteroatoms. The molecule has 0 radical (unpaired) electrons. The van der Waals surface area contributed by atoms with Gasteiger partial charge in [-0.2, -0.15) is 9.97 Å². The minimum absolute atomic E-state index is 0. The summed E-state index contributed by atoms with van der Waals surface area (Å²) in [4.78, 5) is 48.7. The van der Waals surface area contributed by atoms with Gasteiger partial charge in [-0.1, -0.05) is 37.8 Å². The van der Waals surface area contributed by atoms with Crippen molar-refractivity contribution in [2.24, 2.45) is 0 Å². The van der Waals surface area contributed by atoms with E-state index in [4.69, 9.17) is 26.8 Å². The zero-order valence-electron chi connectivity index (χ0n) is 22.0. The van der Waals surface area contributed by atoms with Crippen LogP contribution in [0.2, 0.25) is 5.28 Å². The average Bonchev–Trinajstić information content (AvgIpc) is 3.52. The fraction of sp³-hybridized carbons (Fsp3) is 0.286. The van der Waals surface area contributed by atoms with Gasteiger partial charge in [0.25, 0.3) is 11.5 Å². The number of aliphatic hydroxyl groups excluding tert-OH is 1. The highest BCUT2D eigenvalue weighted by molar-refractivity contribution is 6.28.